The molecule has 2 aliphatic rings. The van der Waals surface area contributed by atoms with Gasteiger partial charge in [-0.2, -0.15) is 11.8 Å². The fourth-order valence-corrected chi connectivity index (χ4v) is 3.24. The molecule has 2 rings (SSSR count). The largest absolute Gasteiger partial charge is 0.316 e. The number of hydrogen-bond acceptors (Lipinski definition) is 2. The predicted molar refractivity (Wildman–Crippen MR) is 51.1 cm³/mol. The highest BCUT2D eigenvalue weighted by atomic mass is 32.2. The quantitative estimate of drug-likeness (QED) is 0.597. The summed E-state index contributed by atoms with van der Waals surface area (Å²) in [4.78, 5) is 0. The third-order valence-corrected chi connectivity index (χ3v) is 4.09. The maximum absolute atomic E-state index is 3.41. The van der Waals surface area contributed by atoms with Gasteiger partial charge in [-0.1, -0.05) is 6.42 Å². The fraction of sp³-hybridized carbons (Fsp3) is 1.00. The predicted octanol–water partition coefficient (Wildman–Crippen LogP) is 1.88. The van der Waals surface area contributed by atoms with Crippen LogP contribution in [0.1, 0.15) is 25.7 Å². The molecule has 0 saturated carbocycles. The molecule has 0 radical (unpaired) electrons. The van der Waals surface area contributed by atoms with Crippen LogP contribution in [-0.4, -0.2) is 24.6 Å². The monoisotopic (exact) mass is 171 g/mol. The highest BCUT2D eigenvalue weighted by molar-refractivity contribution is 7.99. The zero-order chi connectivity index (χ0) is 7.57. The van der Waals surface area contributed by atoms with Crippen molar-refractivity contribution in [3.8, 4) is 0 Å². The van der Waals surface area contributed by atoms with E-state index in [9.17, 15) is 0 Å². The molecule has 2 aliphatic heterocycles. The van der Waals surface area contributed by atoms with E-state index in [0.29, 0.717) is 0 Å². The summed E-state index contributed by atoms with van der Waals surface area (Å²) in [6.45, 7) is 2.60. The fourth-order valence-electron chi connectivity index (χ4n) is 2.05. The minimum absolute atomic E-state index is 0.743. The first-order valence-electron chi connectivity index (χ1n) is 4.70. The highest BCUT2D eigenvalue weighted by Gasteiger charge is 2.35. The second-order valence-corrected chi connectivity index (χ2v) is 5.15. The van der Waals surface area contributed by atoms with Gasteiger partial charge in [-0.3, -0.25) is 0 Å². The lowest BCUT2D eigenvalue weighted by atomic mass is 9.75. The van der Waals surface area contributed by atoms with Crippen LogP contribution in [0.5, 0.6) is 0 Å². The smallest absolute Gasteiger partial charge is 0.00205 e. The van der Waals surface area contributed by atoms with Crippen LogP contribution in [0, 0.1) is 5.41 Å². The van der Waals surface area contributed by atoms with Crippen molar-refractivity contribution in [3.63, 3.8) is 0 Å². The summed E-state index contributed by atoms with van der Waals surface area (Å²) in [5.41, 5.74) is 0.743. The maximum atomic E-state index is 3.41. The Morgan fingerprint density at radius 1 is 1.00 bits per heavy atom. The van der Waals surface area contributed by atoms with Gasteiger partial charge in [0.1, 0.15) is 0 Å². The number of rotatable bonds is 0. The Bertz CT molecular complexity index is 122. The van der Waals surface area contributed by atoms with Gasteiger partial charge in [0.05, 0.1) is 0 Å². The number of nitrogens with one attached hydrogen (secondary N) is 1. The minimum atomic E-state index is 0.743. The van der Waals surface area contributed by atoms with Crippen LogP contribution >= 0.6 is 11.8 Å². The van der Waals surface area contributed by atoms with Crippen molar-refractivity contribution in [2.75, 3.05) is 24.6 Å². The molecule has 1 N–H and O–H groups in total. The second-order valence-electron chi connectivity index (χ2n) is 3.92. The molecule has 0 aliphatic carbocycles. The van der Waals surface area contributed by atoms with Crippen molar-refractivity contribution in [2.24, 2.45) is 5.41 Å². The van der Waals surface area contributed by atoms with Crippen LogP contribution < -0.4 is 5.32 Å². The second kappa shape index (κ2) is 3.36. The lowest BCUT2D eigenvalue weighted by molar-refractivity contribution is 0.142. The molecular formula is C9H17NS. The van der Waals surface area contributed by atoms with Crippen molar-refractivity contribution in [3.05, 3.63) is 0 Å². The lowest BCUT2D eigenvalue weighted by Gasteiger charge is -2.44. The molecule has 0 unspecified atom stereocenters. The average molecular weight is 171 g/mol. The Balaban J connectivity index is 1.86. The summed E-state index contributed by atoms with van der Waals surface area (Å²) < 4.78 is 0. The summed E-state index contributed by atoms with van der Waals surface area (Å²) in [5, 5.41) is 3.41. The maximum Gasteiger partial charge on any atom is 0.00205 e. The number of hydrogen-bond donors (Lipinski definition) is 1. The SMILES string of the molecule is C1CCC2(CCSC1)CNC2. The van der Waals surface area contributed by atoms with Crippen LogP contribution in [0.3, 0.4) is 0 Å². The minimum Gasteiger partial charge on any atom is -0.316 e. The van der Waals surface area contributed by atoms with E-state index in [1.807, 2.05) is 0 Å². The molecule has 1 spiro atoms. The van der Waals surface area contributed by atoms with Crippen LogP contribution in [-0.2, 0) is 0 Å². The van der Waals surface area contributed by atoms with Gasteiger partial charge in [0.2, 0.25) is 0 Å². The van der Waals surface area contributed by atoms with Gasteiger partial charge in [0.25, 0.3) is 0 Å². The Kier molecular flexibility index (Phi) is 2.42. The Morgan fingerprint density at radius 3 is 2.64 bits per heavy atom. The van der Waals surface area contributed by atoms with Gasteiger partial charge in [0, 0.05) is 13.1 Å². The molecule has 64 valence electrons. The number of thioether (sulfide) groups is 1. The molecule has 0 atom stereocenters. The first-order valence-corrected chi connectivity index (χ1v) is 5.85. The molecule has 2 fully saturated rings. The zero-order valence-corrected chi connectivity index (χ0v) is 7.88. The summed E-state index contributed by atoms with van der Waals surface area (Å²) in [6.07, 6.45) is 5.87. The van der Waals surface area contributed by atoms with Gasteiger partial charge in [-0.05, 0) is 36.2 Å². The van der Waals surface area contributed by atoms with E-state index in [1.54, 1.807) is 0 Å². The molecule has 11 heavy (non-hydrogen) atoms. The van der Waals surface area contributed by atoms with Gasteiger partial charge in [0.15, 0.2) is 0 Å². The van der Waals surface area contributed by atoms with E-state index < -0.39 is 0 Å². The highest BCUT2D eigenvalue weighted by Crippen LogP contribution is 2.36. The van der Waals surface area contributed by atoms with Gasteiger partial charge >= 0.3 is 0 Å². The molecule has 0 aromatic carbocycles. The summed E-state index contributed by atoms with van der Waals surface area (Å²) in [6, 6.07) is 0. The van der Waals surface area contributed by atoms with Gasteiger partial charge in [-0.25, -0.2) is 0 Å². The molecule has 0 aromatic heterocycles. The topological polar surface area (TPSA) is 12.0 Å². The standard InChI is InChI=1S/C9H17NS/c1-2-5-11-6-4-9(3-1)7-10-8-9/h10H,1-8H2. The van der Waals surface area contributed by atoms with E-state index >= 15 is 0 Å². The van der Waals surface area contributed by atoms with E-state index in [2.05, 4.69) is 17.1 Å². The van der Waals surface area contributed by atoms with Crippen molar-refractivity contribution < 1.29 is 0 Å². The Labute approximate surface area is 73.3 Å². The third-order valence-electron chi connectivity index (χ3n) is 3.02. The Morgan fingerprint density at radius 2 is 1.91 bits per heavy atom. The first-order chi connectivity index (χ1) is 5.41. The van der Waals surface area contributed by atoms with Gasteiger partial charge in [-0.15, -0.1) is 0 Å². The molecule has 0 aromatic rings. The molecule has 2 saturated heterocycles. The molecule has 0 amide bonds. The molecule has 2 heteroatoms. The van der Waals surface area contributed by atoms with Crippen LogP contribution in [0.25, 0.3) is 0 Å². The molecule has 2 heterocycles. The van der Waals surface area contributed by atoms with Crippen LogP contribution in [0.2, 0.25) is 0 Å². The van der Waals surface area contributed by atoms with Crippen LogP contribution in [0.4, 0.5) is 0 Å². The van der Waals surface area contributed by atoms with E-state index in [0.717, 1.165) is 5.41 Å². The van der Waals surface area contributed by atoms with Crippen molar-refractivity contribution in [1.29, 1.82) is 0 Å². The van der Waals surface area contributed by atoms with Crippen molar-refractivity contribution >= 4 is 11.8 Å². The zero-order valence-electron chi connectivity index (χ0n) is 7.07. The first kappa shape index (κ1) is 7.93. The van der Waals surface area contributed by atoms with Crippen molar-refractivity contribution in [2.45, 2.75) is 25.7 Å². The van der Waals surface area contributed by atoms with E-state index in [4.69, 9.17) is 0 Å². The summed E-state index contributed by atoms with van der Waals surface area (Å²) >= 11 is 2.15. The Hall–Kier alpha value is 0.310. The third kappa shape index (κ3) is 1.73. The van der Waals surface area contributed by atoms with Gasteiger partial charge < -0.3 is 5.32 Å². The molecule has 1 nitrogen and oxygen atoms in total. The lowest BCUT2D eigenvalue weighted by Crippen LogP contribution is -2.53. The van der Waals surface area contributed by atoms with E-state index in [-0.39, 0.29) is 0 Å². The van der Waals surface area contributed by atoms with E-state index in [1.165, 1.54) is 50.3 Å². The average Bonchev–Trinajstić information content (AvgIpc) is 1.82. The summed E-state index contributed by atoms with van der Waals surface area (Å²) in [7, 11) is 0. The molecule has 0 bridgehead atoms. The molecular weight excluding hydrogens is 154 g/mol. The van der Waals surface area contributed by atoms with Crippen molar-refractivity contribution in [1.82, 2.24) is 5.32 Å². The normalized spacial score (nSPS) is 30.5. The summed E-state index contributed by atoms with van der Waals surface area (Å²) in [5.74, 6) is 2.81. The van der Waals surface area contributed by atoms with Crippen LogP contribution in [0.15, 0.2) is 0 Å².